The Kier molecular flexibility index (Phi) is 6.57. The quantitative estimate of drug-likeness (QED) is 0.633. The second-order valence-electron chi connectivity index (χ2n) is 6.56. The first-order valence-electron chi connectivity index (χ1n) is 9.28. The maximum absolute atomic E-state index is 12.7. The zero-order chi connectivity index (χ0) is 19.8. The molecule has 6 nitrogen and oxygen atoms in total. The van der Waals surface area contributed by atoms with Gasteiger partial charge in [-0.05, 0) is 24.5 Å². The number of nitrogens with zero attached hydrogens (tertiary/aromatic N) is 2. The molecule has 1 amide bonds. The van der Waals surface area contributed by atoms with E-state index >= 15 is 0 Å². The van der Waals surface area contributed by atoms with Gasteiger partial charge in [0.15, 0.2) is 5.82 Å². The summed E-state index contributed by atoms with van der Waals surface area (Å²) in [6, 6.07) is 19.7. The molecular formula is C22H24N4O2. The van der Waals surface area contributed by atoms with Gasteiger partial charge in [0.25, 0.3) is 5.56 Å². The third kappa shape index (κ3) is 5.30. The SMILES string of the molecule is Cc1cnc(NCCc2ccccc2)c(=O)n1CC(=O)NCc1ccccc1. The molecule has 0 fully saturated rings. The molecule has 2 N–H and O–H groups in total. The minimum absolute atomic E-state index is 0.0343. The zero-order valence-corrected chi connectivity index (χ0v) is 15.9. The summed E-state index contributed by atoms with van der Waals surface area (Å²) in [5.41, 5.74) is 2.55. The summed E-state index contributed by atoms with van der Waals surface area (Å²) in [6.45, 7) is 2.76. The molecule has 144 valence electrons. The average molecular weight is 376 g/mol. The highest BCUT2D eigenvalue weighted by Crippen LogP contribution is 2.03. The number of carbonyl (C=O) groups excluding carboxylic acids is 1. The first-order chi connectivity index (χ1) is 13.6. The lowest BCUT2D eigenvalue weighted by Gasteiger charge is -2.12. The maximum atomic E-state index is 12.7. The summed E-state index contributed by atoms with van der Waals surface area (Å²) < 4.78 is 1.44. The van der Waals surface area contributed by atoms with Crippen LogP contribution < -0.4 is 16.2 Å². The van der Waals surface area contributed by atoms with E-state index in [4.69, 9.17) is 0 Å². The molecule has 0 saturated heterocycles. The number of benzene rings is 2. The van der Waals surface area contributed by atoms with Gasteiger partial charge in [0.05, 0.1) is 0 Å². The topological polar surface area (TPSA) is 76.0 Å². The van der Waals surface area contributed by atoms with Crippen LogP contribution in [-0.2, 0) is 24.3 Å². The van der Waals surface area contributed by atoms with Gasteiger partial charge in [-0.2, -0.15) is 0 Å². The molecule has 1 aromatic heterocycles. The van der Waals surface area contributed by atoms with Crippen LogP contribution in [0.3, 0.4) is 0 Å². The van der Waals surface area contributed by atoms with Crippen molar-refractivity contribution >= 4 is 11.7 Å². The van der Waals surface area contributed by atoms with Crippen molar-refractivity contribution in [3.63, 3.8) is 0 Å². The number of carbonyl (C=O) groups is 1. The smallest absolute Gasteiger partial charge is 0.293 e. The molecule has 0 atom stereocenters. The first kappa shape index (κ1) is 19.4. The van der Waals surface area contributed by atoms with Crippen molar-refractivity contribution in [2.24, 2.45) is 0 Å². The highest BCUT2D eigenvalue weighted by atomic mass is 16.2. The number of aromatic nitrogens is 2. The largest absolute Gasteiger partial charge is 0.365 e. The Morgan fingerprint density at radius 1 is 1.00 bits per heavy atom. The number of aryl methyl sites for hydroxylation is 1. The van der Waals surface area contributed by atoms with E-state index in [1.54, 1.807) is 13.1 Å². The van der Waals surface area contributed by atoms with Gasteiger partial charge < -0.3 is 10.6 Å². The van der Waals surface area contributed by atoms with E-state index in [2.05, 4.69) is 15.6 Å². The third-order valence-corrected chi connectivity index (χ3v) is 4.44. The number of hydrogen-bond acceptors (Lipinski definition) is 4. The van der Waals surface area contributed by atoms with Crippen LogP contribution in [0, 0.1) is 6.92 Å². The molecular weight excluding hydrogens is 352 g/mol. The van der Waals surface area contributed by atoms with Crippen LogP contribution in [0.4, 0.5) is 5.82 Å². The molecule has 2 aromatic carbocycles. The number of amides is 1. The molecule has 3 aromatic rings. The number of nitrogens with one attached hydrogen (secondary N) is 2. The molecule has 0 saturated carbocycles. The van der Waals surface area contributed by atoms with Crippen LogP contribution in [0.5, 0.6) is 0 Å². The molecule has 3 rings (SSSR count). The Morgan fingerprint density at radius 2 is 1.64 bits per heavy atom. The van der Waals surface area contributed by atoms with Gasteiger partial charge in [-0.15, -0.1) is 0 Å². The molecule has 0 bridgehead atoms. The van der Waals surface area contributed by atoms with Crippen molar-refractivity contribution in [1.29, 1.82) is 0 Å². The average Bonchev–Trinajstić information content (AvgIpc) is 2.73. The highest BCUT2D eigenvalue weighted by molar-refractivity contribution is 5.75. The summed E-state index contributed by atoms with van der Waals surface area (Å²) in [6.07, 6.45) is 2.39. The van der Waals surface area contributed by atoms with E-state index in [0.717, 1.165) is 12.0 Å². The summed E-state index contributed by atoms with van der Waals surface area (Å²) in [5.74, 6) is 0.0490. The minimum atomic E-state index is -0.289. The van der Waals surface area contributed by atoms with Crippen molar-refractivity contribution in [3.05, 3.63) is 94.0 Å². The first-order valence-corrected chi connectivity index (χ1v) is 9.28. The van der Waals surface area contributed by atoms with Gasteiger partial charge in [0, 0.05) is 25.0 Å². The maximum Gasteiger partial charge on any atom is 0.293 e. The monoisotopic (exact) mass is 376 g/mol. The van der Waals surface area contributed by atoms with E-state index < -0.39 is 0 Å². The predicted octanol–water partition coefficient (Wildman–Crippen LogP) is 2.52. The second-order valence-corrected chi connectivity index (χ2v) is 6.56. The summed E-state index contributed by atoms with van der Waals surface area (Å²) in [4.78, 5) is 29.2. The molecule has 0 aliphatic heterocycles. The fraction of sp³-hybridized carbons (Fsp3) is 0.227. The van der Waals surface area contributed by atoms with Crippen molar-refractivity contribution in [1.82, 2.24) is 14.9 Å². The zero-order valence-electron chi connectivity index (χ0n) is 15.9. The van der Waals surface area contributed by atoms with Crippen molar-refractivity contribution < 1.29 is 4.79 Å². The molecule has 1 heterocycles. The molecule has 0 aliphatic rings. The van der Waals surface area contributed by atoms with Crippen LogP contribution in [0.1, 0.15) is 16.8 Å². The van der Waals surface area contributed by atoms with Crippen LogP contribution in [0.15, 0.2) is 71.7 Å². The van der Waals surface area contributed by atoms with E-state index in [9.17, 15) is 9.59 Å². The molecule has 0 aliphatic carbocycles. The van der Waals surface area contributed by atoms with Crippen LogP contribution in [0.25, 0.3) is 0 Å². The fourth-order valence-electron chi connectivity index (χ4n) is 2.85. The van der Waals surface area contributed by atoms with Crippen LogP contribution in [-0.4, -0.2) is 22.0 Å². The predicted molar refractivity (Wildman–Crippen MR) is 110 cm³/mol. The Morgan fingerprint density at radius 3 is 2.32 bits per heavy atom. The summed E-state index contributed by atoms with van der Waals surface area (Å²) >= 11 is 0. The lowest BCUT2D eigenvalue weighted by Crippen LogP contribution is -2.34. The molecule has 28 heavy (non-hydrogen) atoms. The van der Waals surface area contributed by atoms with E-state index in [1.807, 2.05) is 60.7 Å². The van der Waals surface area contributed by atoms with E-state index in [1.165, 1.54) is 10.1 Å². The standard InChI is InChI=1S/C22H24N4O2/c1-17-14-25-21(23-13-12-18-8-4-2-5-9-18)22(28)26(17)16-20(27)24-15-19-10-6-3-7-11-19/h2-11,14H,12-13,15-16H2,1H3,(H,23,25)(H,24,27). The van der Waals surface area contributed by atoms with Crippen molar-refractivity contribution in [2.45, 2.75) is 26.4 Å². The summed E-state index contributed by atoms with van der Waals surface area (Å²) in [5, 5.41) is 5.93. The molecule has 0 unspecified atom stereocenters. The number of rotatable bonds is 8. The Hall–Kier alpha value is -3.41. The van der Waals surface area contributed by atoms with Gasteiger partial charge in [-0.25, -0.2) is 4.98 Å². The van der Waals surface area contributed by atoms with Gasteiger partial charge in [0.2, 0.25) is 5.91 Å². The Labute approximate surface area is 164 Å². The van der Waals surface area contributed by atoms with Crippen LogP contribution in [0.2, 0.25) is 0 Å². The Balaban J connectivity index is 1.60. The normalized spacial score (nSPS) is 10.5. The summed E-state index contributed by atoms with van der Waals surface area (Å²) in [7, 11) is 0. The number of anilines is 1. The van der Waals surface area contributed by atoms with Crippen molar-refractivity contribution in [3.8, 4) is 0 Å². The van der Waals surface area contributed by atoms with Gasteiger partial charge in [-0.1, -0.05) is 60.7 Å². The number of hydrogen-bond donors (Lipinski definition) is 2. The molecule has 0 spiro atoms. The van der Waals surface area contributed by atoms with E-state index in [-0.39, 0.29) is 23.8 Å². The highest BCUT2D eigenvalue weighted by Gasteiger charge is 2.11. The van der Waals surface area contributed by atoms with Crippen molar-refractivity contribution in [2.75, 3.05) is 11.9 Å². The van der Waals surface area contributed by atoms with E-state index in [0.29, 0.717) is 18.8 Å². The van der Waals surface area contributed by atoms with Gasteiger partial charge in [0.1, 0.15) is 6.54 Å². The lowest BCUT2D eigenvalue weighted by molar-refractivity contribution is -0.121. The van der Waals surface area contributed by atoms with Gasteiger partial charge in [-0.3, -0.25) is 14.2 Å². The third-order valence-electron chi connectivity index (χ3n) is 4.44. The second kappa shape index (κ2) is 9.50. The minimum Gasteiger partial charge on any atom is -0.365 e. The molecule has 6 heteroatoms. The Bertz CT molecular complexity index is 969. The molecule has 0 radical (unpaired) electrons. The fourth-order valence-corrected chi connectivity index (χ4v) is 2.85. The lowest BCUT2D eigenvalue weighted by atomic mass is 10.1. The van der Waals surface area contributed by atoms with Crippen LogP contribution >= 0.6 is 0 Å². The van der Waals surface area contributed by atoms with Gasteiger partial charge >= 0.3 is 0 Å².